The molecule has 17 heavy (non-hydrogen) atoms. The van der Waals surface area contributed by atoms with E-state index < -0.39 is 5.97 Å². The maximum Gasteiger partial charge on any atom is 0.337 e. The Hall–Kier alpha value is -1.58. The van der Waals surface area contributed by atoms with Gasteiger partial charge in [0.15, 0.2) is 0 Å². The van der Waals surface area contributed by atoms with Gasteiger partial charge < -0.3 is 9.67 Å². The monoisotopic (exact) mass is 235 g/mol. The molecule has 1 heterocycles. The predicted octanol–water partition coefficient (Wildman–Crippen LogP) is 2.13. The van der Waals surface area contributed by atoms with Crippen molar-refractivity contribution in [3.63, 3.8) is 0 Å². The summed E-state index contributed by atoms with van der Waals surface area (Å²) in [5.74, 6) is -0.282. The van der Waals surface area contributed by atoms with Crippen molar-refractivity contribution in [3.8, 4) is 0 Å². The van der Waals surface area contributed by atoms with E-state index >= 15 is 0 Å². The fourth-order valence-corrected chi connectivity index (χ4v) is 2.45. The molecular weight excluding hydrogens is 218 g/mol. The number of nitrogens with zero attached hydrogens (tertiary/aromatic N) is 1. The first-order valence-corrected chi connectivity index (χ1v) is 6.10. The minimum atomic E-state index is -0.986. The molecule has 2 rings (SSSR count). The Bertz CT molecular complexity index is 458. The number of aryl methyl sites for hydroxylation is 1. The van der Waals surface area contributed by atoms with E-state index in [-0.39, 0.29) is 11.1 Å². The molecule has 1 N–H and O–H groups in total. The highest BCUT2D eigenvalue weighted by Crippen LogP contribution is 2.27. The number of aromatic carboxylic acids is 1. The molecule has 0 amide bonds. The fourth-order valence-electron chi connectivity index (χ4n) is 2.45. The second-order valence-electron chi connectivity index (χ2n) is 4.69. The number of carboxylic acid groups (broad SMARTS) is 1. The molecule has 4 nitrogen and oxygen atoms in total. The third kappa shape index (κ3) is 2.96. The van der Waals surface area contributed by atoms with Gasteiger partial charge in [0.25, 0.3) is 5.56 Å². The Morgan fingerprint density at radius 2 is 2.06 bits per heavy atom. The van der Waals surface area contributed by atoms with Gasteiger partial charge in [0, 0.05) is 18.8 Å². The van der Waals surface area contributed by atoms with Crippen LogP contribution in [0.15, 0.2) is 23.1 Å². The molecule has 0 atom stereocenters. The number of hydrogen-bond acceptors (Lipinski definition) is 2. The zero-order chi connectivity index (χ0) is 12.3. The molecule has 1 saturated carbocycles. The second kappa shape index (κ2) is 5.17. The number of aromatic nitrogens is 1. The predicted molar refractivity (Wildman–Crippen MR) is 64.2 cm³/mol. The van der Waals surface area contributed by atoms with E-state index in [2.05, 4.69) is 0 Å². The van der Waals surface area contributed by atoms with Gasteiger partial charge in [-0.05, 0) is 18.4 Å². The van der Waals surface area contributed by atoms with Gasteiger partial charge in [-0.1, -0.05) is 25.7 Å². The van der Waals surface area contributed by atoms with Crippen molar-refractivity contribution >= 4 is 5.97 Å². The minimum absolute atomic E-state index is 0.118. The third-order valence-corrected chi connectivity index (χ3v) is 3.48. The molecule has 1 aliphatic rings. The van der Waals surface area contributed by atoms with Crippen LogP contribution in [0.25, 0.3) is 0 Å². The van der Waals surface area contributed by atoms with Crippen LogP contribution in [0.2, 0.25) is 0 Å². The first kappa shape index (κ1) is 11.9. The smallest absolute Gasteiger partial charge is 0.337 e. The number of pyridine rings is 1. The molecule has 0 unspecified atom stereocenters. The Morgan fingerprint density at radius 3 is 2.71 bits per heavy atom. The van der Waals surface area contributed by atoms with Crippen LogP contribution in [0, 0.1) is 5.92 Å². The molecule has 4 heteroatoms. The Morgan fingerprint density at radius 1 is 1.35 bits per heavy atom. The molecule has 1 aliphatic carbocycles. The summed E-state index contributed by atoms with van der Waals surface area (Å²) >= 11 is 0. The molecule has 1 aromatic rings. The van der Waals surface area contributed by atoms with E-state index in [1.165, 1.54) is 48.6 Å². The SMILES string of the molecule is O=C(O)c1ccc(=O)n(CCC2CCCC2)c1. The summed E-state index contributed by atoms with van der Waals surface area (Å²) < 4.78 is 1.52. The lowest BCUT2D eigenvalue weighted by molar-refractivity contribution is 0.0695. The van der Waals surface area contributed by atoms with Gasteiger partial charge in [-0.2, -0.15) is 0 Å². The zero-order valence-corrected chi connectivity index (χ0v) is 9.76. The minimum Gasteiger partial charge on any atom is -0.478 e. The van der Waals surface area contributed by atoms with Crippen LogP contribution in [0.3, 0.4) is 0 Å². The highest BCUT2D eigenvalue weighted by Gasteiger charge is 2.15. The van der Waals surface area contributed by atoms with E-state index in [4.69, 9.17) is 5.11 Å². The van der Waals surface area contributed by atoms with Crippen molar-refractivity contribution in [2.45, 2.75) is 38.6 Å². The van der Waals surface area contributed by atoms with Crippen molar-refractivity contribution in [1.82, 2.24) is 4.57 Å². The summed E-state index contributed by atoms with van der Waals surface area (Å²) in [5, 5.41) is 8.86. The molecule has 0 radical (unpaired) electrons. The lowest BCUT2D eigenvalue weighted by Gasteiger charge is -2.10. The summed E-state index contributed by atoms with van der Waals surface area (Å²) in [7, 11) is 0. The van der Waals surface area contributed by atoms with Crippen molar-refractivity contribution in [1.29, 1.82) is 0 Å². The van der Waals surface area contributed by atoms with Crippen LogP contribution in [0.4, 0.5) is 0 Å². The summed E-state index contributed by atoms with van der Waals surface area (Å²) in [5.41, 5.74) is 0.0593. The molecule has 92 valence electrons. The summed E-state index contributed by atoms with van der Waals surface area (Å²) in [4.78, 5) is 22.4. The van der Waals surface area contributed by atoms with Crippen LogP contribution in [-0.4, -0.2) is 15.6 Å². The highest BCUT2D eigenvalue weighted by molar-refractivity contribution is 5.87. The van der Waals surface area contributed by atoms with E-state index in [0.717, 1.165) is 6.42 Å². The molecule has 0 aliphatic heterocycles. The Kier molecular flexibility index (Phi) is 3.61. The van der Waals surface area contributed by atoms with Crippen molar-refractivity contribution in [2.24, 2.45) is 5.92 Å². The van der Waals surface area contributed by atoms with Crippen LogP contribution < -0.4 is 5.56 Å². The molecule has 0 bridgehead atoms. The van der Waals surface area contributed by atoms with Crippen molar-refractivity contribution in [3.05, 3.63) is 34.2 Å². The van der Waals surface area contributed by atoms with Gasteiger partial charge in [0.2, 0.25) is 0 Å². The molecular formula is C13H17NO3. The van der Waals surface area contributed by atoms with Gasteiger partial charge in [-0.25, -0.2) is 4.79 Å². The largest absolute Gasteiger partial charge is 0.478 e. The lowest BCUT2D eigenvalue weighted by Crippen LogP contribution is -2.21. The fraction of sp³-hybridized carbons (Fsp3) is 0.538. The van der Waals surface area contributed by atoms with E-state index in [1.807, 2.05) is 0 Å². The maximum atomic E-state index is 11.6. The van der Waals surface area contributed by atoms with E-state index in [9.17, 15) is 9.59 Å². The van der Waals surface area contributed by atoms with E-state index in [0.29, 0.717) is 12.5 Å². The summed E-state index contributed by atoms with van der Waals surface area (Å²) in [6.07, 6.45) is 7.48. The third-order valence-electron chi connectivity index (χ3n) is 3.48. The van der Waals surface area contributed by atoms with Crippen LogP contribution in [0.1, 0.15) is 42.5 Å². The van der Waals surface area contributed by atoms with Gasteiger partial charge in [-0.3, -0.25) is 4.79 Å². The Labute approximate surface area is 99.9 Å². The van der Waals surface area contributed by atoms with Gasteiger partial charge in [-0.15, -0.1) is 0 Å². The summed E-state index contributed by atoms with van der Waals surface area (Å²) in [6.45, 7) is 0.630. The summed E-state index contributed by atoms with van der Waals surface area (Å²) in [6, 6.07) is 2.69. The van der Waals surface area contributed by atoms with Crippen molar-refractivity contribution < 1.29 is 9.90 Å². The number of carboxylic acids is 1. The molecule has 0 aromatic carbocycles. The molecule has 1 aromatic heterocycles. The zero-order valence-electron chi connectivity index (χ0n) is 9.76. The second-order valence-corrected chi connectivity index (χ2v) is 4.69. The topological polar surface area (TPSA) is 59.3 Å². The Balaban J connectivity index is 2.05. The number of carbonyl (C=O) groups is 1. The average molecular weight is 235 g/mol. The van der Waals surface area contributed by atoms with Crippen LogP contribution in [0.5, 0.6) is 0 Å². The molecule has 0 spiro atoms. The number of rotatable bonds is 4. The van der Waals surface area contributed by atoms with Gasteiger partial charge in [0.1, 0.15) is 0 Å². The molecule has 0 saturated heterocycles. The quantitative estimate of drug-likeness (QED) is 0.869. The molecule has 1 fully saturated rings. The van der Waals surface area contributed by atoms with Gasteiger partial charge >= 0.3 is 5.97 Å². The normalized spacial score (nSPS) is 16.2. The first-order chi connectivity index (χ1) is 8.16. The average Bonchev–Trinajstić information content (AvgIpc) is 2.80. The number of hydrogen-bond donors (Lipinski definition) is 1. The van der Waals surface area contributed by atoms with Crippen LogP contribution >= 0.6 is 0 Å². The first-order valence-electron chi connectivity index (χ1n) is 6.10. The standard InChI is InChI=1S/C13H17NO3/c15-12-6-5-11(13(16)17)9-14(12)8-7-10-3-1-2-4-10/h5-6,9-10H,1-4,7-8H2,(H,16,17). The van der Waals surface area contributed by atoms with E-state index in [1.54, 1.807) is 0 Å². The van der Waals surface area contributed by atoms with Gasteiger partial charge in [0.05, 0.1) is 5.56 Å². The highest BCUT2D eigenvalue weighted by atomic mass is 16.4. The maximum absolute atomic E-state index is 11.6. The van der Waals surface area contributed by atoms with Crippen molar-refractivity contribution in [2.75, 3.05) is 0 Å². The lowest BCUT2D eigenvalue weighted by atomic mass is 10.0. The van der Waals surface area contributed by atoms with Crippen LogP contribution in [-0.2, 0) is 6.54 Å².